The van der Waals surface area contributed by atoms with E-state index in [0.29, 0.717) is 25.8 Å². The first-order valence-corrected chi connectivity index (χ1v) is 13.9. The number of methoxy groups -OCH3 is 1. The summed E-state index contributed by atoms with van der Waals surface area (Å²) in [7, 11) is 1.22. The molecule has 0 aromatic heterocycles. The van der Waals surface area contributed by atoms with Gasteiger partial charge in [0, 0.05) is 13.1 Å². The van der Waals surface area contributed by atoms with Crippen molar-refractivity contribution in [2.24, 2.45) is 5.92 Å². The van der Waals surface area contributed by atoms with Crippen LogP contribution in [0.1, 0.15) is 65.9 Å². The van der Waals surface area contributed by atoms with Crippen molar-refractivity contribution in [3.8, 4) is 0 Å². The second-order valence-electron chi connectivity index (χ2n) is 11.3. The number of amides is 4. The number of hydrogen-bond acceptors (Lipinski definition) is 8. The van der Waals surface area contributed by atoms with Gasteiger partial charge in [0.1, 0.15) is 30.3 Å². The summed E-state index contributed by atoms with van der Waals surface area (Å²) in [6.45, 7) is 9.51. The van der Waals surface area contributed by atoms with Gasteiger partial charge in [-0.1, -0.05) is 44.2 Å². The molecule has 3 atom stereocenters. The van der Waals surface area contributed by atoms with Crippen LogP contribution in [0.5, 0.6) is 0 Å². The van der Waals surface area contributed by atoms with Gasteiger partial charge in [-0.05, 0) is 57.9 Å². The molecule has 0 aliphatic carbocycles. The van der Waals surface area contributed by atoms with Crippen LogP contribution in [0, 0.1) is 5.92 Å². The maximum atomic E-state index is 13.2. The van der Waals surface area contributed by atoms with Crippen molar-refractivity contribution in [1.29, 1.82) is 0 Å². The fourth-order valence-electron chi connectivity index (χ4n) is 4.29. The van der Waals surface area contributed by atoms with Crippen LogP contribution in [-0.4, -0.2) is 78.8 Å². The van der Waals surface area contributed by atoms with Gasteiger partial charge >= 0.3 is 18.2 Å². The standard InChI is InChI=1S/C29H44N4O8/c1-19(2)23(32-24(34)22-15-11-17-33(22)28(38)41-29(3,4)5)25(35)31-21(26(36)39-6)14-10-16-30-27(37)40-18-20-12-8-7-9-13-20/h7-9,12-13,19,21-23H,10-11,14-18H2,1-6H3,(H,30,37)(H,31,35)(H,32,34). The van der Waals surface area contributed by atoms with Crippen LogP contribution in [0.4, 0.5) is 9.59 Å². The SMILES string of the molecule is COC(=O)C(CCCNC(=O)OCc1ccccc1)NC(=O)C(NC(=O)C1CCCN1C(=O)OC(C)(C)C)C(C)C. The van der Waals surface area contributed by atoms with E-state index in [0.717, 1.165) is 5.56 Å². The summed E-state index contributed by atoms with van der Waals surface area (Å²) in [4.78, 5) is 64.7. The molecule has 12 nitrogen and oxygen atoms in total. The molecule has 0 spiro atoms. The fourth-order valence-corrected chi connectivity index (χ4v) is 4.29. The minimum atomic E-state index is -0.988. The van der Waals surface area contributed by atoms with Gasteiger partial charge in [-0.15, -0.1) is 0 Å². The number of nitrogens with one attached hydrogen (secondary N) is 3. The molecule has 41 heavy (non-hydrogen) atoms. The Bertz CT molecular complexity index is 1040. The molecule has 228 valence electrons. The molecule has 1 saturated heterocycles. The smallest absolute Gasteiger partial charge is 0.410 e. The van der Waals surface area contributed by atoms with E-state index >= 15 is 0 Å². The van der Waals surface area contributed by atoms with E-state index in [1.165, 1.54) is 12.0 Å². The van der Waals surface area contributed by atoms with Crippen LogP contribution in [0.3, 0.4) is 0 Å². The van der Waals surface area contributed by atoms with Gasteiger partial charge in [0.05, 0.1) is 7.11 Å². The Morgan fingerprint density at radius 3 is 2.34 bits per heavy atom. The predicted octanol–water partition coefficient (Wildman–Crippen LogP) is 2.89. The van der Waals surface area contributed by atoms with Gasteiger partial charge in [0.15, 0.2) is 0 Å². The summed E-state index contributed by atoms with van der Waals surface area (Å²) < 4.78 is 15.4. The van der Waals surface area contributed by atoms with E-state index in [1.807, 2.05) is 30.3 Å². The number of rotatable bonds is 12. The summed E-state index contributed by atoms with van der Waals surface area (Å²) in [6.07, 6.45) is 0.445. The van der Waals surface area contributed by atoms with Crippen molar-refractivity contribution >= 4 is 30.0 Å². The van der Waals surface area contributed by atoms with Crippen LogP contribution in [0.25, 0.3) is 0 Å². The van der Waals surface area contributed by atoms with Crippen molar-refractivity contribution < 1.29 is 38.2 Å². The number of likely N-dealkylation sites (tertiary alicyclic amines) is 1. The molecule has 1 aromatic rings. The van der Waals surface area contributed by atoms with Crippen LogP contribution in [-0.2, 0) is 35.2 Å². The van der Waals surface area contributed by atoms with Crippen LogP contribution in [0.15, 0.2) is 30.3 Å². The molecule has 4 amide bonds. The fraction of sp³-hybridized carbons (Fsp3) is 0.621. The van der Waals surface area contributed by atoms with E-state index < -0.39 is 53.7 Å². The zero-order valence-electron chi connectivity index (χ0n) is 24.9. The first kappa shape index (κ1) is 33.4. The lowest BCUT2D eigenvalue weighted by Crippen LogP contribution is -2.57. The van der Waals surface area contributed by atoms with E-state index in [9.17, 15) is 24.0 Å². The normalized spacial score (nSPS) is 16.4. The summed E-state index contributed by atoms with van der Waals surface area (Å²) in [5.74, 6) is -1.98. The Hall–Kier alpha value is -3.83. The summed E-state index contributed by atoms with van der Waals surface area (Å²) in [6, 6.07) is 6.54. The Morgan fingerprint density at radius 1 is 1.05 bits per heavy atom. The van der Waals surface area contributed by atoms with Crippen LogP contribution in [0.2, 0.25) is 0 Å². The van der Waals surface area contributed by atoms with Gasteiger partial charge in [0.25, 0.3) is 0 Å². The van der Waals surface area contributed by atoms with Crippen LogP contribution < -0.4 is 16.0 Å². The highest BCUT2D eigenvalue weighted by molar-refractivity contribution is 5.93. The van der Waals surface area contributed by atoms with Crippen molar-refractivity contribution in [3.63, 3.8) is 0 Å². The second kappa shape index (κ2) is 15.8. The van der Waals surface area contributed by atoms with Crippen molar-refractivity contribution in [3.05, 3.63) is 35.9 Å². The van der Waals surface area contributed by atoms with Crippen molar-refractivity contribution in [2.45, 2.75) is 90.6 Å². The topological polar surface area (TPSA) is 152 Å². The molecule has 1 aliphatic rings. The lowest BCUT2D eigenvalue weighted by Gasteiger charge is -2.30. The maximum Gasteiger partial charge on any atom is 0.410 e. The molecule has 0 saturated carbocycles. The predicted molar refractivity (Wildman–Crippen MR) is 151 cm³/mol. The molecular weight excluding hydrogens is 532 g/mol. The van der Waals surface area contributed by atoms with Crippen molar-refractivity contribution in [1.82, 2.24) is 20.9 Å². The third-order valence-corrected chi connectivity index (χ3v) is 6.38. The average molecular weight is 577 g/mol. The number of nitrogens with zero attached hydrogens (tertiary/aromatic N) is 1. The maximum absolute atomic E-state index is 13.2. The first-order valence-electron chi connectivity index (χ1n) is 13.9. The minimum Gasteiger partial charge on any atom is -0.467 e. The lowest BCUT2D eigenvalue weighted by atomic mass is 10.0. The number of benzene rings is 1. The number of carbonyl (C=O) groups excluding carboxylic acids is 5. The molecular formula is C29H44N4O8. The van der Waals surface area contributed by atoms with Gasteiger partial charge < -0.3 is 30.2 Å². The van der Waals surface area contributed by atoms with E-state index in [1.54, 1.807) is 34.6 Å². The second-order valence-corrected chi connectivity index (χ2v) is 11.3. The lowest BCUT2D eigenvalue weighted by molar-refractivity contribution is -0.145. The molecule has 3 N–H and O–H groups in total. The summed E-state index contributed by atoms with van der Waals surface area (Å²) in [5, 5.41) is 8.04. The Balaban J connectivity index is 1.91. The van der Waals surface area contributed by atoms with Gasteiger partial charge in [-0.2, -0.15) is 0 Å². The van der Waals surface area contributed by atoms with Gasteiger partial charge in [0.2, 0.25) is 11.8 Å². The molecule has 1 heterocycles. The summed E-state index contributed by atoms with van der Waals surface area (Å²) in [5.41, 5.74) is 0.149. The first-order chi connectivity index (χ1) is 19.3. The third-order valence-electron chi connectivity index (χ3n) is 6.38. The number of ether oxygens (including phenoxy) is 3. The van der Waals surface area contributed by atoms with Gasteiger partial charge in [-0.25, -0.2) is 14.4 Å². The van der Waals surface area contributed by atoms with Crippen molar-refractivity contribution in [2.75, 3.05) is 20.2 Å². The Morgan fingerprint density at radius 2 is 1.73 bits per heavy atom. The molecule has 2 rings (SSSR count). The van der Waals surface area contributed by atoms with E-state index in [2.05, 4.69) is 16.0 Å². The van der Waals surface area contributed by atoms with E-state index in [4.69, 9.17) is 14.2 Å². The van der Waals surface area contributed by atoms with E-state index in [-0.39, 0.29) is 25.5 Å². The quantitative estimate of drug-likeness (QED) is 0.195. The molecule has 1 aliphatic heterocycles. The van der Waals surface area contributed by atoms with Gasteiger partial charge in [-0.3, -0.25) is 14.5 Å². The molecule has 1 fully saturated rings. The Kier molecular flexibility index (Phi) is 12.9. The molecule has 3 unspecified atom stereocenters. The highest BCUT2D eigenvalue weighted by Gasteiger charge is 2.39. The zero-order chi connectivity index (χ0) is 30.6. The zero-order valence-corrected chi connectivity index (χ0v) is 24.9. The average Bonchev–Trinajstić information content (AvgIpc) is 3.41. The minimum absolute atomic E-state index is 0.131. The summed E-state index contributed by atoms with van der Waals surface area (Å²) >= 11 is 0. The monoisotopic (exact) mass is 576 g/mol. The molecule has 0 radical (unpaired) electrons. The highest BCUT2D eigenvalue weighted by Crippen LogP contribution is 2.21. The highest BCUT2D eigenvalue weighted by atomic mass is 16.6. The number of hydrogen-bond donors (Lipinski definition) is 3. The molecule has 0 bridgehead atoms. The third kappa shape index (κ3) is 11.3. The number of esters is 1. The largest absolute Gasteiger partial charge is 0.467 e. The number of alkyl carbamates (subject to hydrolysis) is 1. The number of carbonyl (C=O) groups is 5. The molecule has 12 heteroatoms. The Labute approximate surface area is 241 Å². The van der Waals surface area contributed by atoms with Crippen LogP contribution >= 0.6 is 0 Å². The molecule has 1 aromatic carbocycles.